The summed E-state index contributed by atoms with van der Waals surface area (Å²) < 4.78 is 29.7. The summed E-state index contributed by atoms with van der Waals surface area (Å²) in [5.74, 6) is 1.77. The number of rotatable bonds is 12. The number of carbonyl (C=O) groups excluding carboxylic acids is 1. The van der Waals surface area contributed by atoms with Gasteiger partial charge in [-0.25, -0.2) is 0 Å². The van der Waals surface area contributed by atoms with Crippen molar-refractivity contribution in [2.75, 3.05) is 27.9 Å². The van der Waals surface area contributed by atoms with Crippen LogP contribution in [0, 0.1) is 0 Å². The van der Waals surface area contributed by atoms with Crippen molar-refractivity contribution in [2.24, 2.45) is 0 Å². The first-order valence-electron chi connectivity index (χ1n) is 12.1. The van der Waals surface area contributed by atoms with Crippen molar-refractivity contribution >= 4 is 35.5 Å². The third-order valence-electron chi connectivity index (χ3n) is 6.24. The van der Waals surface area contributed by atoms with E-state index in [4.69, 9.17) is 35.0 Å². The van der Waals surface area contributed by atoms with Gasteiger partial charge in [-0.3, -0.25) is 4.79 Å². The average Bonchev–Trinajstić information content (AvgIpc) is 2.89. The summed E-state index contributed by atoms with van der Waals surface area (Å²) in [5.41, 5.74) is 0. The smallest absolute Gasteiger partial charge is 0.261 e. The number of carbonyl (C=O) groups is 1. The van der Waals surface area contributed by atoms with Crippen LogP contribution in [0.4, 0.5) is 0 Å². The highest BCUT2D eigenvalue weighted by Crippen LogP contribution is 2.44. The number of ether oxygens (including phenoxy) is 4. The number of halogens is 1. The second-order valence-corrected chi connectivity index (χ2v) is 14.3. The summed E-state index contributed by atoms with van der Waals surface area (Å²) in [6.07, 6.45) is -0.629. The second-order valence-electron chi connectivity index (χ2n) is 9.61. The van der Waals surface area contributed by atoms with E-state index in [1.807, 2.05) is 36.4 Å². The highest BCUT2D eigenvalue weighted by atomic mass is 35.5. The Morgan fingerprint density at radius 3 is 1.70 bits per heavy atom. The zero-order chi connectivity index (χ0) is 27.1. The van der Waals surface area contributed by atoms with E-state index in [0.717, 1.165) is 10.4 Å². The fourth-order valence-electron chi connectivity index (χ4n) is 4.63. The molecule has 3 aromatic rings. The molecule has 0 fully saturated rings. The van der Waals surface area contributed by atoms with E-state index >= 15 is 0 Å². The van der Waals surface area contributed by atoms with Crippen LogP contribution in [0.15, 0.2) is 72.8 Å². The van der Waals surface area contributed by atoms with Gasteiger partial charge in [-0.05, 0) is 39.1 Å². The molecule has 0 aliphatic carbocycles. The topological polar surface area (TPSA) is 63.2 Å². The van der Waals surface area contributed by atoms with E-state index in [2.05, 4.69) is 45.0 Å². The lowest BCUT2D eigenvalue weighted by molar-refractivity contribution is -0.113. The van der Waals surface area contributed by atoms with Crippen LogP contribution in [0.1, 0.15) is 27.2 Å². The van der Waals surface area contributed by atoms with Gasteiger partial charge in [0, 0.05) is 0 Å². The molecule has 0 aliphatic rings. The molecule has 198 valence electrons. The Morgan fingerprint density at radius 2 is 1.27 bits per heavy atom. The molecule has 8 heteroatoms. The van der Waals surface area contributed by atoms with Crippen molar-refractivity contribution in [1.29, 1.82) is 0 Å². The zero-order valence-corrected chi connectivity index (χ0v) is 24.0. The number of hydrogen-bond donors (Lipinski definition) is 0. The minimum atomic E-state index is -2.94. The molecule has 0 heterocycles. The summed E-state index contributed by atoms with van der Waals surface area (Å²) in [5, 5.41) is 1.43. The van der Waals surface area contributed by atoms with E-state index in [0.29, 0.717) is 23.0 Å². The molecule has 37 heavy (non-hydrogen) atoms. The second kappa shape index (κ2) is 12.5. The van der Waals surface area contributed by atoms with E-state index in [1.54, 1.807) is 19.2 Å². The zero-order valence-electron chi connectivity index (χ0n) is 22.2. The van der Waals surface area contributed by atoms with Crippen molar-refractivity contribution in [1.82, 2.24) is 0 Å². The monoisotopic (exact) mass is 542 g/mol. The number of methoxy groups -OCH3 is 3. The number of benzene rings is 3. The fraction of sp³-hybridized carbons (Fsp3) is 0.345. The molecule has 0 saturated carbocycles. The Kier molecular flexibility index (Phi) is 9.65. The van der Waals surface area contributed by atoms with Gasteiger partial charge in [-0.15, -0.1) is 0 Å². The first-order chi connectivity index (χ1) is 17.7. The Morgan fingerprint density at radius 1 is 0.784 bits per heavy atom. The van der Waals surface area contributed by atoms with Crippen molar-refractivity contribution in [3.8, 4) is 23.0 Å². The first kappa shape index (κ1) is 28.6. The molecule has 0 bridgehead atoms. The van der Waals surface area contributed by atoms with Crippen LogP contribution in [0.3, 0.4) is 0 Å². The van der Waals surface area contributed by atoms with Gasteiger partial charge in [0.25, 0.3) is 8.32 Å². The van der Waals surface area contributed by atoms with E-state index < -0.39 is 19.7 Å². The molecule has 0 saturated heterocycles. The summed E-state index contributed by atoms with van der Waals surface area (Å²) in [6.45, 7) is 6.61. The van der Waals surface area contributed by atoms with Gasteiger partial charge in [0.15, 0.2) is 11.5 Å². The van der Waals surface area contributed by atoms with Gasteiger partial charge >= 0.3 is 0 Å². The predicted molar refractivity (Wildman–Crippen MR) is 150 cm³/mol. The maximum Gasteiger partial charge on any atom is 0.261 e. The van der Waals surface area contributed by atoms with Crippen molar-refractivity contribution in [2.45, 2.75) is 38.3 Å². The van der Waals surface area contributed by atoms with E-state index in [1.165, 1.54) is 14.2 Å². The lowest BCUT2D eigenvalue weighted by atomic mass is 10.2. The highest BCUT2D eigenvalue weighted by molar-refractivity contribution is 6.99. The summed E-state index contributed by atoms with van der Waals surface area (Å²) in [6, 6.07) is 23.9. The van der Waals surface area contributed by atoms with E-state index in [9.17, 15) is 4.79 Å². The quantitative estimate of drug-likeness (QED) is 0.232. The molecule has 0 N–H and O–H groups in total. The average molecular weight is 543 g/mol. The first-order valence-corrected chi connectivity index (χ1v) is 14.4. The van der Waals surface area contributed by atoms with Gasteiger partial charge in [0.1, 0.15) is 6.61 Å². The van der Waals surface area contributed by atoms with Crippen LogP contribution in [-0.4, -0.2) is 47.6 Å². The molecule has 1 unspecified atom stereocenters. The van der Waals surface area contributed by atoms with Crippen LogP contribution in [0.5, 0.6) is 23.0 Å². The summed E-state index contributed by atoms with van der Waals surface area (Å²) >= 11 is 5.91. The van der Waals surface area contributed by atoms with Gasteiger partial charge < -0.3 is 23.4 Å². The van der Waals surface area contributed by atoms with Crippen LogP contribution in [0.2, 0.25) is 5.04 Å². The van der Waals surface area contributed by atoms with Gasteiger partial charge in [-0.1, -0.05) is 81.4 Å². The molecule has 3 aromatic carbocycles. The Labute approximate surface area is 225 Å². The van der Waals surface area contributed by atoms with Crippen LogP contribution in [-0.2, 0) is 9.22 Å². The normalized spacial score (nSPS) is 12.5. The fourth-order valence-corrected chi connectivity index (χ4v) is 9.46. The Bertz CT molecular complexity index is 1120. The van der Waals surface area contributed by atoms with Gasteiger partial charge in [0.2, 0.25) is 16.7 Å². The highest BCUT2D eigenvalue weighted by Gasteiger charge is 2.51. The minimum Gasteiger partial charge on any atom is -0.493 e. The molecule has 0 radical (unpaired) electrons. The minimum absolute atomic E-state index is 0.0122. The largest absolute Gasteiger partial charge is 0.493 e. The molecule has 0 aliphatic heterocycles. The third kappa shape index (κ3) is 6.29. The lowest BCUT2D eigenvalue weighted by Crippen LogP contribution is -2.68. The molecule has 0 amide bonds. The Balaban J connectivity index is 2.06. The molecular formula is C29H35ClO6Si. The molecule has 3 rings (SSSR count). The summed E-state index contributed by atoms with van der Waals surface area (Å²) in [7, 11) is 1.68. The van der Waals surface area contributed by atoms with E-state index in [-0.39, 0.29) is 18.1 Å². The number of hydrogen-bond acceptors (Lipinski definition) is 6. The Hall–Kier alpha value is -3.00. The standard InChI is InChI=1S/C29H35ClO6Si/c1-29(2,3)37(22-13-9-7-10-14-22,23-15-11-8-12-16-23)36-21(19-26(30)31)20-35-25-18-17-24(32-4)27(33-5)28(25)34-6/h7-18,21H,19-20H2,1-6H3. The summed E-state index contributed by atoms with van der Waals surface area (Å²) in [4.78, 5) is 12.2. The lowest BCUT2D eigenvalue weighted by Gasteiger charge is -2.45. The molecular weight excluding hydrogens is 508 g/mol. The SMILES string of the molecule is COc1ccc(OCC(CC(=O)Cl)O[Si](c2ccccc2)(c2ccccc2)C(C)(C)C)c(OC)c1OC. The van der Waals surface area contributed by atoms with Crippen molar-refractivity contribution in [3.05, 3.63) is 72.8 Å². The van der Waals surface area contributed by atoms with Crippen LogP contribution >= 0.6 is 11.6 Å². The third-order valence-corrected chi connectivity index (χ3v) is 11.5. The van der Waals surface area contributed by atoms with Crippen LogP contribution in [0.25, 0.3) is 0 Å². The van der Waals surface area contributed by atoms with Crippen LogP contribution < -0.4 is 29.3 Å². The van der Waals surface area contributed by atoms with Gasteiger partial charge in [-0.2, -0.15) is 0 Å². The molecule has 0 aromatic heterocycles. The molecule has 0 spiro atoms. The van der Waals surface area contributed by atoms with Crippen molar-refractivity contribution < 1.29 is 28.2 Å². The molecule has 1 atom stereocenters. The van der Waals surface area contributed by atoms with Gasteiger partial charge in [0.05, 0.1) is 33.9 Å². The maximum atomic E-state index is 12.2. The van der Waals surface area contributed by atoms with Crippen molar-refractivity contribution in [3.63, 3.8) is 0 Å². The molecule has 6 nitrogen and oxygen atoms in total. The predicted octanol–water partition coefficient (Wildman–Crippen LogP) is 5.19. The maximum absolute atomic E-state index is 12.2.